The van der Waals surface area contributed by atoms with Crippen molar-refractivity contribution in [2.24, 2.45) is 0 Å². The number of ether oxygens (including phenoxy) is 1. The van der Waals surface area contributed by atoms with Gasteiger partial charge >= 0.3 is 0 Å². The van der Waals surface area contributed by atoms with Crippen molar-refractivity contribution in [3.8, 4) is 16.9 Å². The van der Waals surface area contributed by atoms with Crippen LogP contribution < -0.4 is 9.64 Å². The predicted molar refractivity (Wildman–Crippen MR) is 111 cm³/mol. The molecule has 3 aromatic rings. The van der Waals surface area contributed by atoms with Gasteiger partial charge in [0.25, 0.3) is 0 Å². The van der Waals surface area contributed by atoms with Crippen LogP contribution in [0.25, 0.3) is 11.1 Å². The summed E-state index contributed by atoms with van der Waals surface area (Å²) in [5.41, 5.74) is 6.37. The van der Waals surface area contributed by atoms with Gasteiger partial charge in [0.15, 0.2) is 0 Å². The van der Waals surface area contributed by atoms with Crippen LogP contribution in [0.3, 0.4) is 0 Å². The van der Waals surface area contributed by atoms with Gasteiger partial charge in [-0.05, 0) is 67.3 Å². The number of aryl methyl sites for hydroxylation is 2. The number of hydrogen-bond acceptors (Lipinski definition) is 2. The second-order valence-corrected chi connectivity index (χ2v) is 6.59. The van der Waals surface area contributed by atoms with Gasteiger partial charge in [0.2, 0.25) is 0 Å². The van der Waals surface area contributed by atoms with E-state index in [1.54, 1.807) is 0 Å². The Morgan fingerprint density at radius 2 is 1.46 bits per heavy atom. The second kappa shape index (κ2) is 8.57. The van der Waals surface area contributed by atoms with Crippen molar-refractivity contribution in [2.75, 3.05) is 24.6 Å². The van der Waals surface area contributed by atoms with Crippen LogP contribution in [-0.4, -0.2) is 19.7 Å². The van der Waals surface area contributed by atoms with E-state index in [-0.39, 0.29) is 0 Å². The van der Waals surface area contributed by atoms with Crippen molar-refractivity contribution >= 4 is 5.69 Å². The van der Waals surface area contributed by atoms with E-state index in [1.807, 2.05) is 6.07 Å². The number of nitrogens with zero attached hydrogens (tertiary/aromatic N) is 1. The average Bonchev–Trinajstić information content (AvgIpc) is 2.69. The molecule has 2 heteroatoms. The largest absolute Gasteiger partial charge is 0.492 e. The first kappa shape index (κ1) is 18.1. The lowest BCUT2D eigenvalue weighted by Crippen LogP contribution is -2.28. The van der Waals surface area contributed by atoms with E-state index >= 15 is 0 Å². The molecular weight excluding hydrogens is 318 g/mol. The zero-order valence-electron chi connectivity index (χ0n) is 15.9. The molecule has 0 atom stereocenters. The van der Waals surface area contributed by atoms with Crippen LogP contribution in [0, 0.1) is 13.8 Å². The molecule has 0 bridgehead atoms. The lowest BCUT2D eigenvalue weighted by Gasteiger charge is -2.24. The van der Waals surface area contributed by atoms with E-state index in [1.165, 1.54) is 27.9 Å². The van der Waals surface area contributed by atoms with E-state index in [0.29, 0.717) is 6.61 Å². The van der Waals surface area contributed by atoms with E-state index in [4.69, 9.17) is 4.74 Å². The fraction of sp³-hybridized carbons (Fsp3) is 0.250. The molecule has 0 fully saturated rings. The Labute approximate surface area is 157 Å². The molecule has 26 heavy (non-hydrogen) atoms. The molecule has 3 rings (SSSR count). The van der Waals surface area contributed by atoms with Crippen LogP contribution in [0.5, 0.6) is 5.75 Å². The Kier molecular flexibility index (Phi) is 5.96. The maximum Gasteiger partial charge on any atom is 0.119 e. The summed E-state index contributed by atoms with van der Waals surface area (Å²) in [7, 11) is 0. The van der Waals surface area contributed by atoms with Gasteiger partial charge in [-0.1, -0.05) is 48.5 Å². The molecule has 2 nitrogen and oxygen atoms in total. The van der Waals surface area contributed by atoms with E-state index in [2.05, 4.69) is 92.4 Å². The van der Waals surface area contributed by atoms with Gasteiger partial charge < -0.3 is 9.64 Å². The molecule has 0 radical (unpaired) electrons. The van der Waals surface area contributed by atoms with E-state index < -0.39 is 0 Å². The molecular formula is C24H27NO. The predicted octanol–water partition coefficient (Wildman–Crippen LogP) is 5.88. The lowest BCUT2D eigenvalue weighted by atomic mass is 10.1. The van der Waals surface area contributed by atoms with Crippen molar-refractivity contribution < 1.29 is 4.74 Å². The molecule has 0 aliphatic rings. The molecule has 0 aromatic heterocycles. The minimum atomic E-state index is 0.672. The van der Waals surface area contributed by atoms with Gasteiger partial charge in [0, 0.05) is 12.2 Å². The van der Waals surface area contributed by atoms with Crippen molar-refractivity contribution in [3.05, 3.63) is 83.9 Å². The summed E-state index contributed by atoms with van der Waals surface area (Å²) in [5.74, 6) is 0.917. The first-order valence-electron chi connectivity index (χ1n) is 9.28. The standard InChI is InChI=1S/C24H27NO/c1-4-25(23-13-10-19(2)20(3)18-23)16-17-26-24-14-11-22(12-15-24)21-8-6-5-7-9-21/h5-15,18H,4,16-17H2,1-3H3. The van der Waals surface area contributed by atoms with Gasteiger partial charge in [0.1, 0.15) is 12.4 Å². The zero-order chi connectivity index (χ0) is 18.4. The van der Waals surface area contributed by atoms with Gasteiger partial charge in [-0.3, -0.25) is 0 Å². The average molecular weight is 345 g/mol. The Balaban J connectivity index is 1.57. The highest BCUT2D eigenvalue weighted by Gasteiger charge is 2.06. The SMILES string of the molecule is CCN(CCOc1ccc(-c2ccccc2)cc1)c1ccc(C)c(C)c1. The minimum Gasteiger partial charge on any atom is -0.492 e. The van der Waals surface area contributed by atoms with E-state index in [9.17, 15) is 0 Å². The normalized spacial score (nSPS) is 10.6. The molecule has 0 unspecified atom stereocenters. The van der Waals surface area contributed by atoms with Gasteiger partial charge in [-0.2, -0.15) is 0 Å². The topological polar surface area (TPSA) is 12.5 Å². The third kappa shape index (κ3) is 4.45. The minimum absolute atomic E-state index is 0.672. The monoisotopic (exact) mass is 345 g/mol. The second-order valence-electron chi connectivity index (χ2n) is 6.59. The van der Waals surface area contributed by atoms with Crippen LogP contribution >= 0.6 is 0 Å². The Morgan fingerprint density at radius 3 is 2.12 bits per heavy atom. The molecule has 0 aliphatic heterocycles. The number of hydrogen-bond donors (Lipinski definition) is 0. The van der Waals surface area contributed by atoms with Gasteiger partial charge in [-0.15, -0.1) is 0 Å². The molecule has 3 aromatic carbocycles. The Bertz CT molecular complexity index is 825. The maximum atomic E-state index is 5.96. The van der Waals surface area contributed by atoms with Crippen molar-refractivity contribution in [1.82, 2.24) is 0 Å². The van der Waals surface area contributed by atoms with Gasteiger partial charge in [-0.25, -0.2) is 0 Å². The highest BCUT2D eigenvalue weighted by molar-refractivity contribution is 5.63. The molecule has 0 saturated heterocycles. The smallest absolute Gasteiger partial charge is 0.119 e. The number of benzene rings is 3. The number of rotatable bonds is 7. The van der Waals surface area contributed by atoms with Crippen LogP contribution in [0.15, 0.2) is 72.8 Å². The summed E-state index contributed by atoms with van der Waals surface area (Å²) < 4.78 is 5.96. The molecule has 0 saturated carbocycles. The van der Waals surface area contributed by atoms with Crippen LogP contribution in [-0.2, 0) is 0 Å². The quantitative estimate of drug-likeness (QED) is 0.530. The summed E-state index contributed by atoms with van der Waals surface area (Å²) in [6.07, 6.45) is 0. The molecule has 0 N–H and O–H groups in total. The highest BCUT2D eigenvalue weighted by atomic mass is 16.5. The van der Waals surface area contributed by atoms with Crippen molar-refractivity contribution in [2.45, 2.75) is 20.8 Å². The fourth-order valence-corrected chi connectivity index (χ4v) is 3.04. The molecule has 0 spiro atoms. The summed E-state index contributed by atoms with van der Waals surface area (Å²) in [5, 5.41) is 0. The first-order chi connectivity index (χ1) is 12.7. The van der Waals surface area contributed by atoms with E-state index in [0.717, 1.165) is 18.8 Å². The third-order valence-corrected chi connectivity index (χ3v) is 4.83. The molecule has 134 valence electrons. The van der Waals surface area contributed by atoms with Gasteiger partial charge in [0.05, 0.1) is 6.54 Å². The van der Waals surface area contributed by atoms with Crippen LogP contribution in [0.1, 0.15) is 18.1 Å². The fourth-order valence-electron chi connectivity index (χ4n) is 3.04. The highest BCUT2D eigenvalue weighted by Crippen LogP contribution is 2.22. The summed E-state index contributed by atoms with van der Waals surface area (Å²) in [6, 6.07) is 25.4. The summed E-state index contributed by atoms with van der Waals surface area (Å²) in [6.45, 7) is 9.02. The number of anilines is 1. The molecule has 0 aliphatic carbocycles. The molecule has 0 amide bonds. The molecule has 0 heterocycles. The Hall–Kier alpha value is -2.74. The van der Waals surface area contributed by atoms with Crippen LogP contribution in [0.4, 0.5) is 5.69 Å². The van der Waals surface area contributed by atoms with Crippen molar-refractivity contribution in [3.63, 3.8) is 0 Å². The lowest BCUT2D eigenvalue weighted by molar-refractivity contribution is 0.324. The summed E-state index contributed by atoms with van der Waals surface area (Å²) in [4.78, 5) is 2.35. The maximum absolute atomic E-state index is 5.96. The zero-order valence-corrected chi connectivity index (χ0v) is 15.9. The van der Waals surface area contributed by atoms with Crippen molar-refractivity contribution in [1.29, 1.82) is 0 Å². The van der Waals surface area contributed by atoms with Crippen LogP contribution in [0.2, 0.25) is 0 Å². The number of likely N-dealkylation sites (N-methyl/N-ethyl adjacent to an activating group) is 1. The first-order valence-corrected chi connectivity index (χ1v) is 9.28. The Morgan fingerprint density at radius 1 is 0.769 bits per heavy atom. The summed E-state index contributed by atoms with van der Waals surface area (Å²) >= 11 is 0. The third-order valence-electron chi connectivity index (χ3n) is 4.83.